The quantitative estimate of drug-likeness (QED) is 0.523. The van der Waals surface area contributed by atoms with Crippen LogP contribution >= 0.6 is 24.0 Å². The van der Waals surface area contributed by atoms with Gasteiger partial charge in [-0.1, -0.05) is 55.5 Å². The molecule has 0 fully saturated rings. The van der Waals surface area contributed by atoms with E-state index in [0.29, 0.717) is 4.32 Å². The van der Waals surface area contributed by atoms with Crippen molar-refractivity contribution in [3.05, 3.63) is 29.8 Å². The van der Waals surface area contributed by atoms with E-state index in [1.165, 1.54) is 35.1 Å². The fraction of sp³-hybridized carbons (Fsp3) is 0.364. The largest absolute Gasteiger partial charge is 0.384 e. The standard InChI is InChI=1S/C11H15NS2.Cu/c1-2-3-6-9-7-4-5-8-10(9)14-11(12)13;/h4-5,7-8H,2-3,6H2,1H3,(H2,12,13);. The minimum atomic E-state index is 0. The summed E-state index contributed by atoms with van der Waals surface area (Å²) in [4.78, 5) is 1.20. The number of hydrogen-bond acceptors (Lipinski definition) is 2. The predicted molar refractivity (Wildman–Crippen MR) is 67.7 cm³/mol. The van der Waals surface area contributed by atoms with E-state index in [1.54, 1.807) is 0 Å². The fourth-order valence-electron chi connectivity index (χ4n) is 1.29. The van der Waals surface area contributed by atoms with Gasteiger partial charge in [-0.3, -0.25) is 0 Å². The van der Waals surface area contributed by atoms with Gasteiger partial charge in [0.05, 0.1) is 0 Å². The molecular weight excluding hydrogens is 274 g/mol. The Balaban J connectivity index is 0.00000196. The zero-order chi connectivity index (χ0) is 10.4. The van der Waals surface area contributed by atoms with Crippen molar-refractivity contribution in [2.45, 2.75) is 31.1 Å². The van der Waals surface area contributed by atoms with Crippen LogP contribution in [0.25, 0.3) is 0 Å². The molecule has 1 rings (SSSR count). The van der Waals surface area contributed by atoms with Crippen LogP contribution in [0.5, 0.6) is 0 Å². The molecule has 15 heavy (non-hydrogen) atoms. The van der Waals surface area contributed by atoms with Crippen molar-refractivity contribution in [1.82, 2.24) is 0 Å². The van der Waals surface area contributed by atoms with Crippen molar-refractivity contribution in [2.75, 3.05) is 0 Å². The van der Waals surface area contributed by atoms with Gasteiger partial charge in [-0.05, 0) is 24.5 Å². The number of thioether (sulfide) groups is 1. The molecular formula is C11H15CuNS2. The van der Waals surface area contributed by atoms with E-state index >= 15 is 0 Å². The summed E-state index contributed by atoms with van der Waals surface area (Å²) in [6.07, 6.45) is 3.54. The Morgan fingerprint density at radius 3 is 2.67 bits per heavy atom. The molecule has 0 unspecified atom stereocenters. The zero-order valence-electron chi connectivity index (χ0n) is 8.63. The van der Waals surface area contributed by atoms with E-state index in [4.69, 9.17) is 18.0 Å². The third kappa shape index (κ3) is 5.57. The maximum Gasteiger partial charge on any atom is 0.136 e. The summed E-state index contributed by atoms with van der Waals surface area (Å²) in [6.45, 7) is 2.20. The Hall–Kier alpha value is -0.0205. The van der Waals surface area contributed by atoms with E-state index in [2.05, 4.69) is 25.1 Å². The first kappa shape index (κ1) is 15.0. The van der Waals surface area contributed by atoms with Gasteiger partial charge in [0.15, 0.2) is 0 Å². The topological polar surface area (TPSA) is 26.0 Å². The van der Waals surface area contributed by atoms with Crippen LogP contribution in [0.1, 0.15) is 25.3 Å². The Kier molecular flexibility index (Phi) is 8.16. The smallest absolute Gasteiger partial charge is 0.136 e. The molecule has 0 aromatic heterocycles. The third-order valence-corrected chi connectivity index (χ3v) is 3.05. The monoisotopic (exact) mass is 288 g/mol. The second-order valence-electron chi connectivity index (χ2n) is 3.13. The van der Waals surface area contributed by atoms with Gasteiger partial charge in [0.25, 0.3) is 0 Å². The number of unbranched alkanes of at least 4 members (excludes halogenated alkanes) is 1. The molecule has 0 amide bonds. The Bertz CT molecular complexity index is 315. The minimum absolute atomic E-state index is 0. The number of benzene rings is 1. The molecule has 4 heteroatoms. The van der Waals surface area contributed by atoms with E-state index in [9.17, 15) is 0 Å². The van der Waals surface area contributed by atoms with Crippen molar-refractivity contribution in [1.29, 1.82) is 0 Å². The summed E-state index contributed by atoms with van der Waals surface area (Å²) in [7, 11) is 0. The maximum absolute atomic E-state index is 5.52. The van der Waals surface area contributed by atoms with Gasteiger partial charge in [0.1, 0.15) is 4.32 Å². The second-order valence-corrected chi connectivity index (χ2v) is 4.91. The van der Waals surface area contributed by atoms with Crippen molar-refractivity contribution >= 4 is 28.3 Å². The Morgan fingerprint density at radius 2 is 2.07 bits per heavy atom. The molecule has 1 nitrogen and oxygen atoms in total. The molecule has 1 radical (unpaired) electrons. The molecule has 1 aromatic carbocycles. The van der Waals surface area contributed by atoms with Crippen LogP contribution in [0.3, 0.4) is 0 Å². The van der Waals surface area contributed by atoms with Crippen LogP contribution in [-0.2, 0) is 23.5 Å². The number of hydrogen-bond donors (Lipinski definition) is 1. The first-order valence-corrected chi connectivity index (χ1v) is 6.01. The van der Waals surface area contributed by atoms with Gasteiger partial charge in [-0.25, -0.2) is 0 Å². The van der Waals surface area contributed by atoms with E-state index in [0.717, 1.165) is 6.42 Å². The van der Waals surface area contributed by atoms with E-state index in [-0.39, 0.29) is 17.1 Å². The molecule has 0 saturated heterocycles. The summed E-state index contributed by atoms with van der Waals surface area (Å²) in [6, 6.07) is 8.32. The molecule has 0 atom stereocenters. The summed E-state index contributed by atoms with van der Waals surface area (Å²) in [5.41, 5.74) is 6.87. The third-order valence-electron chi connectivity index (χ3n) is 1.98. The number of thiocarbonyl (C=S) groups is 1. The Morgan fingerprint density at radius 1 is 1.40 bits per heavy atom. The van der Waals surface area contributed by atoms with Crippen molar-refractivity contribution in [3.63, 3.8) is 0 Å². The van der Waals surface area contributed by atoms with E-state index in [1.807, 2.05) is 6.07 Å². The molecule has 1 aromatic rings. The van der Waals surface area contributed by atoms with Crippen molar-refractivity contribution < 1.29 is 17.1 Å². The zero-order valence-corrected chi connectivity index (χ0v) is 11.2. The van der Waals surface area contributed by atoms with Gasteiger partial charge < -0.3 is 5.73 Å². The number of aryl methyl sites for hydroxylation is 1. The van der Waals surface area contributed by atoms with Crippen LogP contribution < -0.4 is 5.73 Å². The summed E-state index contributed by atoms with van der Waals surface area (Å²) < 4.78 is 0.494. The van der Waals surface area contributed by atoms with Crippen molar-refractivity contribution in [3.8, 4) is 0 Å². The molecule has 2 N–H and O–H groups in total. The SMILES string of the molecule is CCCCc1ccccc1SC(N)=S.[Cu]. The van der Waals surface area contributed by atoms with Gasteiger partial charge in [0, 0.05) is 22.0 Å². The average molecular weight is 289 g/mol. The second kappa shape index (κ2) is 8.17. The molecule has 0 aliphatic heterocycles. The molecule has 0 bridgehead atoms. The van der Waals surface area contributed by atoms with Gasteiger partial charge in [-0.2, -0.15) is 0 Å². The average Bonchev–Trinajstić information content (AvgIpc) is 2.16. The van der Waals surface area contributed by atoms with Crippen LogP contribution in [-0.4, -0.2) is 4.32 Å². The maximum atomic E-state index is 5.52. The molecule has 87 valence electrons. The van der Waals surface area contributed by atoms with Gasteiger partial charge in [0.2, 0.25) is 0 Å². The van der Waals surface area contributed by atoms with Crippen molar-refractivity contribution in [2.24, 2.45) is 5.73 Å². The first-order chi connectivity index (χ1) is 6.74. The Labute approximate surface area is 112 Å². The molecule has 0 spiro atoms. The number of rotatable bonds is 4. The molecule has 0 heterocycles. The van der Waals surface area contributed by atoms with Gasteiger partial charge >= 0.3 is 0 Å². The predicted octanol–water partition coefficient (Wildman–Crippen LogP) is 3.36. The summed E-state index contributed by atoms with van der Waals surface area (Å²) in [5, 5.41) is 0. The van der Waals surface area contributed by atoms with Crippen LogP contribution in [0.15, 0.2) is 29.2 Å². The minimum Gasteiger partial charge on any atom is -0.384 e. The normalized spacial score (nSPS) is 9.40. The first-order valence-electron chi connectivity index (χ1n) is 4.79. The fourth-order valence-corrected chi connectivity index (χ4v) is 2.22. The molecule has 0 aliphatic rings. The van der Waals surface area contributed by atoms with Crippen LogP contribution in [0, 0.1) is 0 Å². The summed E-state index contributed by atoms with van der Waals surface area (Å²) >= 11 is 6.38. The van der Waals surface area contributed by atoms with E-state index < -0.39 is 0 Å². The molecule has 0 saturated carbocycles. The summed E-state index contributed by atoms with van der Waals surface area (Å²) in [5.74, 6) is 0. The van der Waals surface area contributed by atoms with Crippen LogP contribution in [0.4, 0.5) is 0 Å². The van der Waals surface area contributed by atoms with Crippen LogP contribution in [0.2, 0.25) is 0 Å². The van der Waals surface area contributed by atoms with Gasteiger partial charge in [-0.15, -0.1) is 0 Å². The molecule has 0 aliphatic carbocycles. The number of nitrogens with two attached hydrogens (primary N) is 1.